The predicted molar refractivity (Wildman–Crippen MR) is 173 cm³/mol. The van der Waals surface area contributed by atoms with E-state index in [1.54, 1.807) is 12.4 Å². The van der Waals surface area contributed by atoms with Crippen LogP contribution in [0.25, 0.3) is 22.4 Å². The third kappa shape index (κ3) is 6.94. The van der Waals surface area contributed by atoms with Crippen LogP contribution in [-0.2, 0) is 6.54 Å². The normalized spacial score (nSPS) is 14.0. The maximum absolute atomic E-state index is 13.1. The number of rotatable bonds is 8. The fourth-order valence-electron chi connectivity index (χ4n) is 5.06. The Hall–Kier alpha value is -4.51. The molecule has 0 unspecified atom stereocenters. The first-order valence-corrected chi connectivity index (χ1v) is 15.1. The third-order valence-corrected chi connectivity index (χ3v) is 8.43. The van der Waals surface area contributed by atoms with Crippen LogP contribution in [0.3, 0.4) is 0 Å². The summed E-state index contributed by atoms with van der Waals surface area (Å²) >= 11 is 1.43. The zero-order chi connectivity index (χ0) is 29.8. The summed E-state index contributed by atoms with van der Waals surface area (Å²) in [4.78, 5) is 31.5. The van der Waals surface area contributed by atoms with Gasteiger partial charge < -0.3 is 15.5 Å². The number of hydrogen-bond acceptors (Lipinski definition) is 9. The molecule has 5 aromatic rings. The van der Waals surface area contributed by atoms with Gasteiger partial charge in [-0.25, -0.2) is 9.97 Å². The molecule has 1 aliphatic rings. The van der Waals surface area contributed by atoms with Crippen LogP contribution in [-0.4, -0.2) is 68.3 Å². The molecule has 1 aliphatic heterocycles. The third-order valence-electron chi connectivity index (χ3n) is 7.71. The maximum Gasteiger partial charge on any atom is 0.255 e. The van der Waals surface area contributed by atoms with Crippen LogP contribution >= 0.6 is 11.5 Å². The summed E-state index contributed by atoms with van der Waals surface area (Å²) in [5, 5.41) is 8.39. The molecule has 0 atom stereocenters. The quantitative estimate of drug-likeness (QED) is 0.226. The Bertz CT molecular complexity index is 1730. The molecular weight excluding hydrogens is 556 g/mol. The van der Waals surface area contributed by atoms with Gasteiger partial charge in [-0.3, -0.25) is 14.7 Å². The Morgan fingerprint density at radius 1 is 0.953 bits per heavy atom. The number of likely N-dealkylation sites (N-methyl/N-ethyl adjacent to an activating group) is 1. The highest BCUT2D eigenvalue weighted by Crippen LogP contribution is 2.29. The van der Waals surface area contributed by atoms with Crippen molar-refractivity contribution in [2.24, 2.45) is 0 Å². The van der Waals surface area contributed by atoms with Gasteiger partial charge in [0.25, 0.3) is 5.91 Å². The van der Waals surface area contributed by atoms with E-state index in [9.17, 15) is 4.79 Å². The molecule has 2 N–H and O–H groups in total. The molecule has 0 bridgehead atoms. The van der Waals surface area contributed by atoms with E-state index in [-0.39, 0.29) is 5.91 Å². The van der Waals surface area contributed by atoms with Gasteiger partial charge in [0, 0.05) is 90.3 Å². The van der Waals surface area contributed by atoms with Crippen LogP contribution in [0.5, 0.6) is 0 Å². The topological polar surface area (TPSA) is 99.2 Å². The summed E-state index contributed by atoms with van der Waals surface area (Å²) in [6, 6.07) is 17.6. The fraction of sp³-hybridized carbons (Fsp3) is 0.242. The van der Waals surface area contributed by atoms with E-state index in [2.05, 4.69) is 47.9 Å². The van der Waals surface area contributed by atoms with E-state index in [1.165, 1.54) is 17.1 Å². The minimum absolute atomic E-state index is 0.150. The van der Waals surface area contributed by atoms with Gasteiger partial charge in [-0.15, -0.1) is 0 Å². The van der Waals surface area contributed by atoms with E-state index >= 15 is 0 Å². The summed E-state index contributed by atoms with van der Waals surface area (Å²) < 4.78 is 4.38. The maximum atomic E-state index is 13.1. The molecule has 218 valence electrons. The first kappa shape index (κ1) is 28.6. The Morgan fingerprint density at radius 2 is 1.74 bits per heavy atom. The van der Waals surface area contributed by atoms with Crippen molar-refractivity contribution < 1.29 is 4.79 Å². The zero-order valence-corrected chi connectivity index (χ0v) is 25.4. The van der Waals surface area contributed by atoms with E-state index in [0.29, 0.717) is 17.2 Å². The summed E-state index contributed by atoms with van der Waals surface area (Å²) in [5.41, 5.74) is 9.04. The predicted octanol–water partition coefficient (Wildman–Crippen LogP) is 6.02. The number of amides is 1. The molecule has 1 fully saturated rings. The van der Waals surface area contributed by atoms with E-state index in [1.807, 2.05) is 74.0 Å². The summed E-state index contributed by atoms with van der Waals surface area (Å²) in [6.07, 6.45) is 5.36. The lowest BCUT2D eigenvalue weighted by molar-refractivity contribution is 0.102. The number of piperazine rings is 1. The van der Waals surface area contributed by atoms with Gasteiger partial charge in [-0.05, 0) is 80.0 Å². The molecular formula is C33H34N8OS. The number of nitrogens with one attached hydrogen (secondary N) is 2. The van der Waals surface area contributed by atoms with Crippen molar-refractivity contribution in [2.45, 2.75) is 20.4 Å². The van der Waals surface area contributed by atoms with Crippen LogP contribution in [0.4, 0.5) is 17.3 Å². The molecule has 0 radical (unpaired) electrons. The monoisotopic (exact) mass is 590 g/mol. The van der Waals surface area contributed by atoms with Crippen LogP contribution in [0.15, 0.2) is 78.6 Å². The van der Waals surface area contributed by atoms with Crippen LogP contribution in [0.1, 0.15) is 27.2 Å². The van der Waals surface area contributed by atoms with Crippen LogP contribution in [0.2, 0.25) is 0 Å². The molecule has 0 saturated carbocycles. The highest BCUT2D eigenvalue weighted by Gasteiger charge is 2.15. The van der Waals surface area contributed by atoms with Gasteiger partial charge in [0.2, 0.25) is 5.95 Å². The average molecular weight is 591 g/mol. The SMILES string of the molecule is Cc1ccc(NC(=O)c2ccc(CN3CCN(C)CC3)cc2)cc1Nc1nccc(-c2cncc(-c3csnc3C)c2)n1. The van der Waals surface area contributed by atoms with Gasteiger partial charge >= 0.3 is 0 Å². The molecule has 3 aromatic heterocycles. The number of aromatic nitrogens is 4. The standard InChI is InChI=1S/C33H34N8OS/c1-22-4-9-28(36-32(42)25-7-5-24(6-8-25)20-41-14-12-40(3)13-15-41)17-31(22)38-33-35-11-10-30(37-33)27-16-26(18-34-19-27)29-21-43-39-23(29)2/h4-11,16-19,21H,12-15,20H2,1-3H3,(H,36,42)(H,35,37,38). The van der Waals surface area contributed by atoms with Crippen molar-refractivity contribution in [1.29, 1.82) is 0 Å². The van der Waals surface area contributed by atoms with Gasteiger partial charge in [0.15, 0.2) is 0 Å². The Morgan fingerprint density at radius 3 is 2.51 bits per heavy atom. The van der Waals surface area contributed by atoms with E-state index in [4.69, 9.17) is 4.98 Å². The largest absolute Gasteiger partial charge is 0.324 e. The first-order valence-electron chi connectivity index (χ1n) is 14.3. The first-order chi connectivity index (χ1) is 20.9. The number of anilines is 3. The van der Waals surface area contributed by atoms with Crippen molar-refractivity contribution >= 4 is 34.8 Å². The molecule has 6 rings (SSSR count). The molecule has 10 heteroatoms. The number of nitrogens with zero attached hydrogens (tertiary/aromatic N) is 6. The zero-order valence-electron chi connectivity index (χ0n) is 24.5. The van der Waals surface area contributed by atoms with Gasteiger partial charge in [-0.1, -0.05) is 18.2 Å². The second kappa shape index (κ2) is 12.8. The molecule has 2 aromatic carbocycles. The highest BCUT2D eigenvalue weighted by atomic mass is 32.1. The molecule has 1 amide bonds. The Labute approximate surface area is 255 Å². The minimum Gasteiger partial charge on any atom is -0.324 e. The number of carbonyl (C=O) groups is 1. The molecule has 4 heterocycles. The molecule has 0 spiro atoms. The van der Waals surface area contributed by atoms with E-state index in [0.717, 1.165) is 72.1 Å². The minimum atomic E-state index is -0.150. The van der Waals surface area contributed by atoms with Gasteiger partial charge in [-0.2, -0.15) is 4.37 Å². The second-order valence-electron chi connectivity index (χ2n) is 10.9. The number of hydrogen-bond donors (Lipinski definition) is 2. The van der Waals surface area contributed by atoms with Crippen LogP contribution < -0.4 is 10.6 Å². The number of pyridine rings is 1. The number of carbonyl (C=O) groups excluding carboxylic acids is 1. The van der Waals surface area contributed by atoms with Crippen molar-refractivity contribution in [3.8, 4) is 22.4 Å². The van der Waals surface area contributed by atoms with Crippen molar-refractivity contribution in [3.05, 3.63) is 101 Å². The lowest BCUT2D eigenvalue weighted by Crippen LogP contribution is -2.43. The Kier molecular flexibility index (Phi) is 8.50. The van der Waals surface area contributed by atoms with Crippen LogP contribution in [0, 0.1) is 13.8 Å². The number of aryl methyl sites for hydroxylation is 2. The summed E-state index contributed by atoms with van der Waals surface area (Å²) in [7, 11) is 2.16. The van der Waals surface area contributed by atoms with Gasteiger partial charge in [0.1, 0.15) is 0 Å². The summed E-state index contributed by atoms with van der Waals surface area (Å²) in [5.74, 6) is 0.307. The molecule has 0 aliphatic carbocycles. The van der Waals surface area contributed by atoms with Crippen molar-refractivity contribution in [2.75, 3.05) is 43.9 Å². The molecule has 9 nitrogen and oxygen atoms in total. The van der Waals surface area contributed by atoms with Gasteiger partial charge in [0.05, 0.1) is 11.4 Å². The Balaban J connectivity index is 1.13. The average Bonchev–Trinajstić information content (AvgIpc) is 3.46. The molecule has 43 heavy (non-hydrogen) atoms. The lowest BCUT2D eigenvalue weighted by atomic mass is 10.1. The summed E-state index contributed by atoms with van der Waals surface area (Å²) in [6.45, 7) is 9.21. The smallest absolute Gasteiger partial charge is 0.255 e. The second-order valence-corrected chi connectivity index (χ2v) is 11.6. The number of benzene rings is 2. The highest BCUT2D eigenvalue weighted by molar-refractivity contribution is 7.04. The fourth-order valence-corrected chi connectivity index (χ4v) is 5.78. The molecule has 1 saturated heterocycles. The lowest BCUT2D eigenvalue weighted by Gasteiger charge is -2.32. The van der Waals surface area contributed by atoms with Crippen molar-refractivity contribution in [1.82, 2.24) is 29.1 Å². The van der Waals surface area contributed by atoms with E-state index < -0.39 is 0 Å². The van der Waals surface area contributed by atoms with Crippen molar-refractivity contribution in [3.63, 3.8) is 0 Å².